The molecule has 1 saturated carbocycles. The van der Waals surface area contributed by atoms with Crippen LogP contribution in [0.5, 0.6) is 5.75 Å². The zero-order chi connectivity index (χ0) is 23.8. The highest BCUT2D eigenvalue weighted by Crippen LogP contribution is 2.38. The molecule has 0 spiro atoms. The van der Waals surface area contributed by atoms with E-state index < -0.39 is 0 Å². The van der Waals surface area contributed by atoms with Crippen LogP contribution in [0.2, 0.25) is 0 Å². The average molecular weight is 459 g/mol. The second kappa shape index (κ2) is 11.8. The van der Waals surface area contributed by atoms with E-state index in [1.165, 1.54) is 5.56 Å². The quantitative estimate of drug-likeness (QED) is 0.612. The normalized spacial score (nSPS) is 24.3. The number of hydrogen-bond donors (Lipinski definition) is 2. The maximum atomic E-state index is 11.6. The van der Waals surface area contributed by atoms with Gasteiger partial charge >= 0.3 is 0 Å². The molecule has 33 heavy (non-hydrogen) atoms. The molecule has 1 saturated heterocycles. The van der Waals surface area contributed by atoms with Crippen LogP contribution in [0.25, 0.3) is 0 Å². The Labute approximate surface area is 194 Å². The summed E-state index contributed by atoms with van der Waals surface area (Å²) in [4.78, 5) is 22.5. The number of benzene rings is 1. The van der Waals surface area contributed by atoms with Gasteiger partial charge in [0.2, 0.25) is 5.91 Å². The lowest BCUT2D eigenvalue weighted by Crippen LogP contribution is -2.49. The smallest absolute Gasteiger partial charge is 0.290 e. The highest BCUT2D eigenvalue weighted by molar-refractivity contribution is 5.73. The van der Waals surface area contributed by atoms with E-state index >= 15 is 0 Å². The molecule has 0 bridgehead atoms. The average Bonchev–Trinajstić information content (AvgIpc) is 3.42. The number of carboxylic acid groups (broad SMARTS) is 1. The van der Waals surface area contributed by atoms with Crippen molar-refractivity contribution in [3.63, 3.8) is 0 Å². The highest BCUT2D eigenvalue weighted by atomic mass is 16.5. The molecule has 1 aromatic carbocycles. The van der Waals surface area contributed by atoms with E-state index in [1.54, 1.807) is 27.3 Å². The van der Waals surface area contributed by atoms with Crippen LogP contribution in [0.15, 0.2) is 36.7 Å². The fourth-order valence-corrected chi connectivity index (χ4v) is 5.19. The Morgan fingerprint density at radius 2 is 1.97 bits per heavy atom. The van der Waals surface area contributed by atoms with Crippen LogP contribution in [-0.2, 0) is 27.4 Å². The SMILES string of the molecule is COc1ccc(CN2C[C@H]3C[C@@H](NC(C)=O)[C@H](OC)C[C@H]3C2)cc1Cn1cccn1.O=CO. The number of aromatic nitrogens is 2. The van der Waals surface area contributed by atoms with Crippen molar-refractivity contribution >= 4 is 12.4 Å². The van der Waals surface area contributed by atoms with E-state index in [0.29, 0.717) is 18.4 Å². The molecule has 2 N–H and O–H groups in total. The van der Waals surface area contributed by atoms with Crippen LogP contribution in [-0.4, -0.2) is 71.6 Å². The lowest BCUT2D eigenvalue weighted by Gasteiger charge is -2.37. The number of carbonyl (C=O) groups is 2. The zero-order valence-corrected chi connectivity index (χ0v) is 19.5. The van der Waals surface area contributed by atoms with Crippen molar-refractivity contribution in [3.05, 3.63) is 47.8 Å². The second-order valence-corrected chi connectivity index (χ2v) is 8.72. The van der Waals surface area contributed by atoms with Gasteiger partial charge in [0, 0.05) is 51.6 Å². The largest absolute Gasteiger partial charge is 0.496 e. The summed E-state index contributed by atoms with van der Waals surface area (Å²) in [5, 5.41) is 14.3. The first kappa shape index (κ1) is 24.7. The predicted octanol–water partition coefficient (Wildman–Crippen LogP) is 2.00. The molecule has 0 unspecified atom stereocenters. The number of likely N-dealkylation sites (tertiary alicyclic amines) is 1. The number of fused-ring (bicyclic) bond motifs is 1. The fraction of sp³-hybridized carbons (Fsp3) is 0.542. The van der Waals surface area contributed by atoms with Gasteiger partial charge < -0.3 is 19.9 Å². The van der Waals surface area contributed by atoms with Gasteiger partial charge in [-0.1, -0.05) is 6.07 Å². The minimum absolute atomic E-state index is 0.0262. The van der Waals surface area contributed by atoms with Gasteiger partial charge in [0.25, 0.3) is 6.47 Å². The molecule has 0 radical (unpaired) electrons. The van der Waals surface area contributed by atoms with Crippen LogP contribution < -0.4 is 10.1 Å². The zero-order valence-electron chi connectivity index (χ0n) is 19.5. The summed E-state index contributed by atoms with van der Waals surface area (Å²) >= 11 is 0. The Morgan fingerprint density at radius 3 is 2.58 bits per heavy atom. The van der Waals surface area contributed by atoms with Gasteiger partial charge in [-0.25, -0.2) is 0 Å². The molecule has 4 rings (SSSR count). The Balaban J connectivity index is 0.000000968. The molecule has 1 aromatic heterocycles. The lowest BCUT2D eigenvalue weighted by atomic mass is 9.77. The van der Waals surface area contributed by atoms with Crippen molar-refractivity contribution < 1.29 is 24.2 Å². The topological polar surface area (TPSA) is 106 Å². The van der Waals surface area contributed by atoms with Crippen LogP contribution in [0.1, 0.15) is 30.9 Å². The van der Waals surface area contributed by atoms with Gasteiger partial charge in [0.1, 0.15) is 5.75 Å². The number of amides is 1. The molecule has 1 amide bonds. The molecule has 2 aromatic rings. The van der Waals surface area contributed by atoms with Gasteiger partial charge in [-0.15, -0.1) is 0 Å². The first-order valence-electron chi connectivity index (χ1n) is 11.2. The van der Waals surface area contributed by atoms with Crippen molar-refractivity contribution in [1.82, 2.24) is 20.0 Å². The highest BCUT2D eigenvalue weighted by Gasteiger charge is 2.42. The Bertz CT molecular complexity index is 904. The van der Waals surface area contributed by atoms with E-state index in [2.05, 4.69) is 33.5 Å². The molecule has 9 nitrogen and oxygen atoms in total. The van der Waals surface area contributed by atoms with Gasteiger partial charge in [-0.2, -0.15) is 5.10 Å². The second-order valence-electron chi connectivity index (χ2n) is 8.72. The van der Waals surface area contributed by atoms with Crippen molar-refractivity contribution in [2.75, 3.05) is 27.3 Å². The summed E-state index contributed by atoms with van der Waals surface area (Å²) in [5.41, 5.74) is 2.43. The number of nitrogens with zero attached hydrogens (tertiary/aromatic N) is 3. The third kappa shape index (κ3) is 6.55. The summed E-state index contributed by atoms with van der Waals surface area (Å²) in [6.45, 7) is 5.11. The van der Waals surface area contributed by atoms with Crippen LogP contribution in [0.3, 0.4) is 0 Å². The molecule has 180 valence electrons. The van der Waals surface area contributed by atoms with Crippen molar-refractivity contribution in [1.29, 1.82) is 0 Å². The Hall–Kier alpha value is -2.91. The number of methoxy groups -OCH3 is 2. The van der Waals surface area contributed by atoms with Crippen molar-refractivity contribution in [2.45, 2.75) is 45.0 Å². The summed E-state index contributed by atoms with van der Waals surface area (Å²) in [7, 11) is 3.47. The molecule has 1 aliphatic carbocycles. The van der Waals surface area contributed by atoms with E-state index in [0.717, 1.165) is 43.8 Å². The number of carbonyl (C=O) groups excluding carboxylic acids is 1. The van der Waals surface area contributed by atoms with Crippen LogP contribution in [0.4, 0.5) is 0 Å². The molecule has 4 atom stereocenters. The first-order chi connectivity index (χ1) is 16.0. The van der Waals surface area contributed by atoms with Gasteiger partial charge in [-0.05, 0) is 48.4 Å². The third-order valence-corrected chi connectivity index (χ3v) is 6.53. The number of rotatable bonds is 7. The first-order valence-corrected chi connectivity index (χ1v) is 11.2. The van der Waals surface area contributed by atoms with E-state index in [-0.39, 0.29) is 24.5 Å². The summed E-state index contributed by atoms with van der Waals surface area (Å²) in [6.07, 6.45) is 5.87. The maximum absolute atomic E-state index is 11.6. The molecule has 9 heteroatoms. The van der Waals surface area contributed by atoms with Crippen LogP contribution in [0, 0.1) is 11.8 Å². The molecular weight excluding hydrogens is 424 g/mol. The van der Waals surface area contributed by atoms with E-state index in [4.69, 9.17) is 19.4 Å². The molecule has 2 heterocycles. The minimum atomic E-state index is -0.250. The molecule has 2 fully saturated rings. The van der Waals surface area contributed by atoms with Crippen molar-refractivity contribution in [3.8, 4) is 5.75 Å². The standard InChI is InChI=1S/C23H32N4O3.CH2O2/c1-16(28)25-21-10-18-13-26(14-19(18)11-23(21)30-3)12-17-5-6-22(29-2)20(9-17)15-27-8-4-7-24-27;2-1-3/h4-9,18-19,21,23H,10-15H2,1-3H3,(H,25,28);1H,(H,2,3)/t18-,19+,21-,23-;/m1./s1. The number of hydrogen-bond acceptors (Lipinski definition) is 6. The monoisotopic (exact) mass is 458 g/mol. The molecular formula is C24H34N4O5. The summed E-state index contributed by atoms with van der Waals surface area (Å²) < 4.78 is 13.2. The van der Waals surface area contributed by atoms with Gasteiger partial charge in [0.05, 0.1) is 25.8 Å². The van der Waals surface area contributed by atoms with E-state index in [9.17, 15) is 4.79 Å². The van der Waals surface area contributed by atoms with Crippen LogP contribution >= 0.6 is 0 Å². The Kier molecular flexibility index (Phi) is 8.85. The Morgan fingerprint density at radius 1 is 1.24 bits per heavy atom. The van der Waals surface area contributed by atoms with Crippen molar-refractivity contribution in [2.24, 2.45) is 11.8 Å². The van der Waals surface area contributed by atoms with Gasteiger partial charge in [-0.3, -0.25) is 19.2 Å². The summed E-state index contributed by atoms with van der Waals surface area (Å²) in [5.74, 6) is 2.15. The maximum Gasteiger partial charge on any atom is 0.290 e. The molecule has 1 aliphatic heterocycles. The number of nitrogens with one attached hydrogen (secondary N) is 1. The lowest BCUT2D eigenvalue weighted by molar-refractivity contribution is -0.123. The predicted molar refractivity (Wildman–Crippen MR) is 123 cm³/mol. The summed E-state index contributed by atoms with van der Waals surface area (Å²) in [6, 6.07) is 8.51. The molecule has 2 aliphatic rings. The number of ether oxygens (including phenoxy) is 2. The van der Waals surface area contributed by atoms with Gasteiger partial charge in [0.15, 0.2) is 0 Å². The fourth-order valence-electron chi connectivity index (χ4n) is 5.19. The van der Waals surface area contributed by atoms with E-state index in [1.807, 2.05) is 16.9 Å². The minimum Gasteiger partial charge on any atom is -0.496 e. The third-order valence-electron chi connectivity index (χ3n) is 6.53.